The third-order valence-electron chi connectivity index (χ3n) is 6.40. The molecular formula is C29H34N2O2. The van der Waals surface area contributed by atoms with E-state index < -0.39 is 0 Å². The molecule has 3 aromatic carbocycles. The zero-order valence-corrected chi connectivity index (χ0v) is 19.5. The standard InChI is InChI=1S/C29H34N2O2/c1-23(32)30-28-14-12-24(13-15-28)16-19-31-20-17-25(18-21-31)22-33-29(26-8-4-2-5-9-26)27-10-6-3-7-11-27/h2-15,25,29H,16-22H2,1H3,(H,30,32). The Balaban J connectivity index is 1.23. The first kappa shape index (κ1) is 23.2. The van der Waals surface area contributed by atoms with Crippen molar-refractivity contribution < 1.29 is 9.53 Å². The van der Waals surface area contributed by atoms with E-state index in [-0.39, 0.29) is 12.0 Å². The van der Waals surface area contributed by atoms with Crippen LogP contribution < -0.4 is 5.32 Å². The van der Waals surface area contributed by atoms with Crippen LogP contribution in [0, 0.1) is 5.92 Å². The number of hydrogen-bond donors (Lipinski definition) is 1. The van der Waals surface area contributed by atoms with Crippen molar-refractivity contribution in [1.82, 2.24) is 4.90 Å². The molecule has 1 aliphatic heterocycles. The van der Waals surface area contributed by atoms with Crippen LogP contribution in [0.1, 0.15) is 42.6 Å². The van der Waals surface area contributed by atoms with E-state index in [9.17, 15) is 4.79 Å². The lowest BCUT2D eigenvalue weighted by Crippen LogP contribution is -2.36. The predicted molar refractivity (Wildman–Crippen MR) is 134 cm³/mol. The van der Waals surface area contributed by atoms with E-state index in [0.29, 0.717) is 5.92 Å². The molecule has 0 bridgehead atoms. The molecule has 3 aromatic rings. The summed E-state index contributed by atoms with van der Waals surface area (Å²) in [6.45, 7) is 5.65. The summed E-state index contributed by atoms with van der Waals surface area (Å²) in [6, 6.07) is 29.3. The van der Waals surface area contributed by atoms with Crippen molar-refractivity contribution in [3.8, 4) is 0 Å². The maximum Gasteiger partial charge on any atom is 0.221 e. The molecule has 0 radical (unpaired) electrons. The van der Waals surface area contributed by atoms with Gasteiger partial charge < -0.3 is 15.0 Å². The lowest BCUT2D eigenvalue weighted by atomic mass is 9.96. The van der Waals surface area contributed by atoms with Gasteiger partial charge in [0.25, 0.3) is 0 Å². The molecule has 0 unspecified atom stereocenters. The fourth-order valence-electron chi connectivity index (χ4n) is 4.49. The number of nitrogens with zero attached hydrogens (tertiary/aromatic N) is 1. The Morgan fingerprint density at radius 1 is 0.909 bits per heavy atom. The van der Waals surface area contributed by atoms with E-state index in [0.717, 1.165) is 38.3 Å². The van der Waals surface area contributed by atoms with Crippen LogP contribution in [0.2, 0.25) is 0 Å². The fourth-order valence-corrected chi connectivity index (χ4v) is 4.49. The van der Waals surface area contributed by atoms with Crippen LogP contribution in [0.4, 0.5) is 5.69 Å². The number of carbonyl (C=O) groups excluding carboxylic acids is 1. The van der Waals surface area contributed by atoms with Crippen molar-refractivity contribution in [1.29, 1.82) is 0 Å². The molecule has 4 heteroatoms. The van der Waals surface area contributed by atoms with Crippen LogP contribution in [0.5, 0.6) is 0 Å². The number of likely N-dealkylation sites (tertiary alicyclic amines) is 1. The predicted octanol–water partition coefficient (Wildman–Crippen LogP) is 5.71. The Morgan fingerprint density at radius 3 is 2.03 bits per heavy atom. The molecule has 0 atom stereocenters. The SMILES string of the molecule is CC(=O)Nc1ccc(CCN2CCC(COC(c3ccccc3)c3ccccc3)CC2)cc1. The Labute approximate surface area is 197 Å². The monoisotopic (exact) mass is 442 g/mol. The molecule has 1 aliphatic rings. The molecule has 0 saturated carbocycles. The largest absolute Gasteiger partial charge is 0.368 e. The van der Waals surface area contributed by atoms with Gasteiger partial charge >= 0.3 is 0 Å². The van der Waals surface area contributed by atoms with Gasteiger partial charge in [0, 0.05) is 19.2 Å². The topological polar surface area (TPSA) is 41.6 Å². The molecule has 1 saturated heterocycles. The lowest BCUT2D eigenvalue weighted by molar-refractivity contribution is -0.114. The van der Waals surface area contributed by atoms with Crippen molar-refractivity contribution in [2.45, 2.75) is 32.3 Å². The van der Waals surface area contributed by atoms with Crippen LogP contribution in [0.15, 0.2) is 84.9 Å². The molecular weight excluding hydrogens is 408 g/mol. The summed E-state index contributed by atoms with van der Waals surface area (Å²) in [7, 11) is 0. The summed E-state index contributed by atoms with van der Waals surface area (Å²) < 4.78 is 6.51. The maximum absolute atomic E-state index is 11.2. The van der Waals surface area contributed by atoms with Gasteiger partial charge in [0.1, 0.15) is 6.10 Å². The number of anilines is 1. The molecule has 1 heterocycles. The first-order valence-corrected chi connectivity index (χ1v) is 12.0. The van der Waals surface area contributed by atoms with Crippen molar-refractivity contribution >= 4 is 11.6 Å². The van der Waals surface area contributed by atoms with Crippen LogP contribution in [0.25, 0.3) is 0 Å². The minimum absolute atomic E-state index is 0.00843. The van der Waals surface area contributed by atoms with Crippen LogP contribution in [0.3, 0.4) is 0 Å². The van der Waals surface area contributed by atoms with Gasteiger partial charge in [0.2, 0.25) is 5.91 Å². The second kappa shape index (κ2) is 11.8. The Bertz CT molecular complexity index is 942. The third kappa shape index (κ3) is 7.01. The van der Waals surface area contributed by atoms with E-state index in [1.807, 2.05) is 12.1 Å². The minimum atomic E-state index is -0.0338. The van der Waals surface area contributed by atoms with Crippen LogP contribution in [-0.2, 0) is 16.0 Å². The van der Waals surface area contributed by atoms with Crippen molar-refractivity contribution in [3.63, 3.8) is 0 Å². The molecule has 4 rings (SSSR count). The average Bonchev–Trinajstić information content (AvgIpc) is 2.85. The molecule has 0 aromatic heterocycles. The molecule has 172 valence electrons. The van der Waals surface area contributed by atoms with Crippen molar-refractivity contribution in [2.24, 2.45) is 5.92 Å². The highest BCUT2D eigenvalue weighted by Gasteiger charge is 2.22. The van der Waals surface area contributed by atoms with Gasteiger partial charge in [-0.2, -0.15) is 0 Å². The first-order chi connectivity index (χ1) is 16.2. The Morgan fingerprint density at radius 2 is 1.48 bits per heavy atom. The third-order valence-corrected chi connectivity index (χ3v) is 6.40. The Kier molecular flexibility index (Phi) is 8.29. The molecule has 1 amide bonds. The average molecular weight is 443 g/mol. The molecule has 0 spiro atoms. The number of nitrogens with one attached hydrogen (secondary N) is 1. The summed E-state index contributed by atoms with van der Waals surface area (Å²) in [5.41, 5.74) is 4.59. The number of carbonyl (C=O) groups is 1. The minimum Gasteiger partial charge on any atom is -0.368 e. The number of benzene rings is 3. The van der Waals surface area contributed by atoms with Gasteiger partial charge in [0.05, 0.1) is 6.61 Å². The van der Waals surface area contributed by atoms with E-state index in [4.69, 9.17) is 4.74 Å². The van der Waals surface area contributed by atoms with E-state index in [1.165, 1.54) is 36.5 Å². The number of hydrogen-bond acceptors (Lipinski definition) is 3. The van der Waals surface area contributed by atoms with E-state index in [1.54, 1.807) is 0 Å². The second-order valence-corrected chi connectivity index (χ2v) is 8.95. The van der Waals surface area contributed by atoms with Gasteiger partial charge in [-0.25, -0.2) is 0 Å². The zero-order valence-electron chi connectivity index (χ0n) is 19.5. The van der Waals surface area contributed by atoms with Gasteiger partial charge in [-0.05, 0) is 67.1 Å². The fraction of sp³-hybridized carbons (Fsp3) is 0.345. The van der Waals surface area contributed by atoms with Gasteiger partial charge in [-0.15, -0.1) is 0 Å². The Hall–Kier alpha value is -2.95. The quantitative estimate of drug-likeness (QED) is 0.462. The second-order valence-electron chi connectivity index (χ2n) is 8.95. The normalized spacial score (nSPS) is 15.0. The highest BCUT2D eigenvalue weighted by molar-refractivity contribution is 5.88. The zero-order chi connectivity index (χ0) is 22.9. The number of amides is 1. The highest BCUT2D eigenvalue weighted by Crippen LogP contribution is 2.28. The van der Waals surface area contributed by atoms with Crippen molar-refractivity contribution in [3.05, 3.63) is 102 Å². The molecule has 1 fully saturated rings. The molecule has 33 heavy (non-hydrogen) atoms. The van der Waals surface area contributed by atoms with Crippen LogP contribution in [-0.4, -0.2) is 37.0 Å². The number of piperidine rings is 1. The smallest absolute Gasteiger partial charge is 0.221 e. The number of ether oxygens (including phenoxy) is 1. The number of rotatable bonds is 9. The summed E-state index contributed by atoms with van der Waals surface area (Å²) in [5, 5.41) is 2.82. The van der Waals surface area contributed by atoms with Crippen LogP contribution >= 0.6 is 0 Å². The summed E-state index contributed by atoms with van der Waals surface area (Å²) in [6.07, 6.45) is 3.38. The van der Waals surface area contributed by atoms with E-state index >= 15 is 0 Å². The van der Waals surface area contributed by atoms with Crippen molar-refractivity contribution in [2.75, 3.05) is 31.6 Å². The molecule has 0 aliphatic carbocycles. The molecule has 1 N–H and O–H groups in total. The summed E-state index contributed by atoms with van der Waals surface area (Å²) in [4.78, 5) is 13.7. The first-order valence-electron chi connectivity index (χ1n) is 12.0. The summed E-state index contributed by atoms with van der Waals surface area (Å²) in [5.74, 6) is 0.571. The van der Waals surface area contributed by atoms with Gasteiger partial charge in [-0.3, -0.25) is 4.79 Å². The maximum atomic E-state index is 11.2. The lowest BCUT2D eigenvalue weighted by Gasteiger charge is -2.32. The highest BCUT2D eigenvalue weighted by atomic mass is 16.5. The van der Waals surface area contributed by atoms with E-state index in [2.05, 4.69) is 83.0 Å². The van der Waals surface area contributed by atoms with Gasteiger partial charge in [-0.1, -0.05) is 72.8 Å². The van der Waals surface area contributed by atoms with Gasteiger partial charge in [0.15, 0.2) is 0 Å². The summed E-state index contributed by atoms with van der Waals surface area (Å²) >= 11 is 0. The molecule has 4 nitrogen and oxygen atoms in total.